The van der Waals surface area contributed by atoms with Crippen molar-refractivity contribution < 1.29 is 14.6 Å². The molecule has 118 valence electrons. The van der Waals surface area contributed by atoms with Gasteiger partial charge in [-0.1, -0.05) is 17.7 Å². The summed E-state index contributed by atoms with van der Waals surface area (Å²) < 4.78 is 5.05. The van der Waals surface area contributed by atoms with Crippen LogP contribution in [0.1, 0.15) is 11.8 Å². The van der Waals surface area contributed by atoms with E-state index in [1.54, 1.807) is 25.1 Å². The fourth-order valence-electron chi connectivity index (χ4n) is 1.84. The van der Waals surface area contributed by atoms with E-state index in [2.05, 4.69) is 10.6 Å². The maximum absolute atomic E-state index is 11.9. The first kappa shape index (κ1) is 16.6. The lowest BCUT2D eigenvalue weighted by Crippen LogP contribution is -2.40. The smallest absolute Gasteiger partial charge is 0.319 e. The normalized spacial score (nSPS) is 13.3. The van der Waals surface area contributed by atoms with Gasteiger partial charge in [0.1, 0.15) is 11.4 Å². The number of methoxy groups -OCH3 is 1. The van der Waals surface area contributed by atoms with Gasteiger partial charge in [0.05, 0.1) is 18.7 Å². The topological polar surface area (TPSA) is 70.6 Å². The van der Waals surface area contributed by atoms with Crippen molar-refractivity contribution in [3.63, 3.8) is 0 Å². The number of carbonyl (C=O) groups is 1. The number of urea groups is 1. The summed E-state index contributed by atoms with van der Waals surface area (Å²) in [5.74, 6) is 0.535. The van der Waals surface area contributed by atoms with Crippen LogP contribution in [0.3, 0.4) is 0 Å². The van der Waals surface area contributed by atoms with Crippen molar-refractivity contribution in [2.45, 2.75) is 12.5 Å². The Morgan fingerprint density at radius 2 is 2.23 bits per heavy atom. The van der Waals surface area contributed by atoms with E-state index in [4.69, 9.17) is 16.3 Å². The van der Waals surface area contributed by atoms with Crippen LogP contribution in [0.15, 0.2) is 35.7 Å². The van der Waals surface area contributed by atoms with Crippen LogP contribution in [0.4, 0.5) is 10.5 Å². The minimum atomic E-state index is -1.11. The third kappa shape index (κ3) is 4.13. The highest BCUT2D eigenvalue weighted by Gasteiger charge is 2.24. The highest BCUT2D eigenvalue weighted by Crippen LogP contribution is 2.27. The molecular formula is C15H17ClN2O3S. The minimum Gasteiger partial charge on any atom is -0.495 e. The summed E-state index contributed by atoms with van der Waals surface area (Å²) in [4.78, 5) is 12.7. The molecule has 2 aromatic rings. The molecule has 1 atom stereocenters. The van der Waals surface area contributed by atoms with Crippen molar-refractivity contribution in [2.24, 2.45) is 0 Å². The minimum absolute atomic E-state index is 0.100. The first-order valence-electron chi connectivity index (χ1n) is 6.57. The molecule has 0 radical (unpaired) electrons. The fraction of sp³-hybridized carbons (Fsp3) is 0.267. The van der Waals surface area contributed by atoms with Crippen molar-refractivity contribution >= 4 is 34.7 Å². The van der Waals surface area contributed by atoms with E-state index in [-0.39, 0.29) is 6.54 Å². The average molecular weight is 341 g/mol. The number of benzene rings is 1. The second-order valence-corrected chi connectivity index (χ2v) is 6.26. The molecule has 0 saturated carbocycles. The molecule has 3 N–H and O–H groups in total. The zero-order valence-electron chi connectivity index (χ0n) is 12.2. The summed E-state index contributed by atoms with van der Waals surface area (Å²) >= 11 is 7.43. The van der Waals surface area contributed by atoms with Gasteiger partial charge >= 0.3 is 6.03 Å². The molecule has 22 heavy (non-hydrogen) atoms. The van der Waals surface area contributed by atoms with Crippen LogP contribution in [0.5, 0.6) is 5.75 Å². The summed E-state index contributed by atoms with van der Waals surface area (Å²) in [6.45, 7) is 1.76. The SMILES string of the molecule is COc1ccc(NC(=O)NCC(C)(O)c2cccs2)cc1Cl. The molecule has 2 amide bonds. The van der Waals surface area contributed by atoms with Crippen LogP contribution in [0.2, 0.25) is 5.02 Å². The predicted molar refractivity (Wildman–Crippen MR) is 88.9 cm³/mol. The van der Waals surface area contributed by atoms with Gasteiger partial charge in [-0.2, -0.15) is 0 Å². The molecule has 0 fully saturated rings. The summed E-state index contributed by atoms with van der Waals surface area (Å²) in [6.07, 6.45) is 0. The van der Waals surface area contributed by atoms with Gasteiger partial charge in [0.2, 0.25) is 0 Å². The lowest BCUT2D eigenvalue weighted by atomic mass is 10.1. The van der Waals surface area contributed by atoms with Crippen LogP contribution in [0, 0.1) is 0 Å². The maximum atomic E-state index is 11.9. The third-order valence-corrected chi connectivity index (χ3v) is 4.47. The van der Waals surface area contributed by atoms with Crippen LogP contribution in [0.25, 0.3) is 0 Å². The monoisotopic (exact) mass is 340 g/mol. The summed E-state index contributed by atoms with van der Waals surface area (Å²) in [5.41, 5.74) is -0.567. The summed E-state index contributed by atoms with van der Waals surface area (Å²) in [7, 11) is 1.52. The van der Waals surface area contributed by atoms with E-state index in [0.29, 0.717) is 16.5 Å². The Kier molecular flexibility index (Phi) is 5.28. The van der Waals surface area contributed by atoms with Crippen molar-refractivity contribution in [3.8, 4) is 5.75 Å². The van der Waals surface area contributed by atoms with Crippen LogP contribution < -0.4 is 15.4 Å². The Hall–Kier alpha value is -1.76. The van der Waals surface area contributed by atoms with Crippen molar-refractivity contribution in [3.05, 3.63) is 45.6 Å². The first-order valence-corrected chi connectivity index (χ1v) is 7.83. The van der Waals surface area contributed by atoms with Crippen LogP contribution in [-0.4, -0.2) is 24.8 Å². The highest BCUT2D eigenvalue weighted by atomic mass is 35.5. The Morgan fingerprint density at radius 3 is 2.82 bits per heavy atom. The molecule has 7 heteroatoms. The third-order valence-electron chi connectivity index (χ3n) is 3.05. The molecule has 1 aromatic carbocycles. The number of anilines is 1. The molecule has 5 nitrogen and oxygen atoms in total. The molecular weight excluding hydrogens is 324 g/mol. The van der Waals surface area contributed by atoms with E-state index >= 15 is 0 Å². The molecule has 0 spiro atoms. The molecule has 1 heterocycles. The fourth-order valence-corrected chi connectivity index (χ4v) is 2.89. The molecule has 1 unspecified atom stereocenters. The number of halogens is 1. The van der Waals surface area contributed by atoms with Gasteiger partial charge in [0, 0.05) is 10.6 Å². The zero-order valence-corrected chi connectivity index (χ0v) is 13.8. The zero-order chi connectivity index (χ0) is 16.2. The Balaban J connectivity index is 1.92. The number of amides is 2. The lowest BCUT2D eigenvalue weighted by molar-refractivity contribution is 0.0637. The molecule has 2 rings (SSSR count). The van der Waals surface area contributed by atoms with E-state index in [1.807, 2.05) is 17.5 Å². The number of ether oxygens (including phenoxy) is 1. The quantitative estimate of drug-likeness (QED) is 0.780. The first-order chi connectivity index (χ1) is 10.4. The molecule has 0 saturated heterocycles. The van der Waals surface area contributed by atoms with Gasteiger partial charge in [0.15, 0.2) is 0 Å². The van der Waals surface area contributed by atoms with Gasteiger partial charge in [-0.05, 0) is 36.6 Å². The number of carbonyl (C=O) groups excluding carboxylic acids is 1. The average Bonchev–Trinajstić information content (AvgIpc) is 3.00. The highest BCUT2D eigenvalue weighted by molar-refractivity contribution is 7.10. The molecule has 0 aliphatic heterocycles. The van der Waals surface area contributed by atoms with E-state index < -0.39 is 11.6 Å². The van der Waals surface area contributed by atoms with Crippen LogP contribution >= 0.6 is 22.9 Å². The van der Waals surface area contributed by atoms with E-state index in [1.165, 1.54) is 18.4 Å². The standard InChI is InChI=1S/C15H17ClN2O3S/c1-15(20,13-4-3-7-22-13)9-17-14(19)18-10-5-6-12(21-2)11(16)8-10/h3-8,20H,9H2,1-2H3,(H2,17,18,19). The Bertz CT molecular complexity index is 644. The van der Waals surface area contributed by atoms with Gasteiger partial charge in [-0.3, -0.25) is 0 Å². The lowest BCUT2D eigenvalue weighted by Gasteiger charge is -2.22. The Labute approximate surface area is 137 Å². The van der Waals surface area contributed by atoms with Crippen LogP contribution in [-0.2, 0) is 5.60 Å². The molecule has 0 bridgehead atoms. The number of hydrogen-bond donors (Lipinski definition) is 3. The largest absolute Gasteiger partial charge is 0.495 e. The van der Waals surface area contributed by atoms with Gasteiger partial charge in [0.25, 0.3) is 0 Å². The van der Waals surface area contributed by atoms with E-state index in [0.717, 1.165) is 4.88 Å². The number of rotatable bonds is 5. The van der Waals surface area contributed by atoms with Crippen molar-refractivity contribution in [1.82, 2.24) is 5.32 Å². The number of aliphatic hydroxyl groups is 1. The molecule has 0 aliphatic carbocycles. The summed E-state index contributed by atoms with van der Waals surface area (Å²) in [6, 6.07) is 8.21. The van der Waals surface area contributed by atoms with Crippen molar-refractivity contribution in [1.29, 1.82) is 0 Å². The maximum Gasteiger partial charge on any atom is 0.319 e. The van der Waals surface area contributed by atoms with Gasteiger partial charge in [-0.25, -0.2) is 4.79 Å². The predicted octanol–water partition coefficient (Wildman–Crippen LogP) is 3.44. The second kappa shape index (κ2) is 7.00. The molecule has 0 aliphatic rings. The van der Waals surface area contributed by atoms with Gasteiger partial charge < -0.3 is 20.5 Å². The summed E-state index contributed by atoms with van der Waals surface area (Å²) in [5, 5.41) is 17.9. The number of nitrogens with one attached hydrogen (secondary N) is 2. The Morgan fingerprint density at radius 1 is 1.45 bits per heavy atom. The van der Waals surface area contributed by atoms with Gasteiger partial charge in [-0.15, -0.1) is 11.3 Å². The molecule has 1 aromatic heterocycles. The van der Waals surface area contributed by atoms with Crippen molar-refractivity contribution in [2.75, 3.05) is 19.0 Å². The number of hydrogen-bond acceptors (Lipinski definition) is 4. The number of thiophene rings is 1. The second-order valence-electron chi connectivity index (χ2n) is 4.91. The van der Waals surface area contributed by atoms with E-state index in [9.17, 15) is 9.90 Å².